The lowest BCUT2D eigenvalue weighted by molar-refractivity contribution is -0.124. The zero-order valence-electron chi connectivity index (χ0n) is 15.6. The van der Waals surface area contributed by atoms with Gasteiger partial charge in [-0.25, -0.2) is 4.68 Å². The first-order valence-electron chi connectivity index (χ1n) is 9.74. The van der Waals surface area contributed by atoms with Gasteiger partial charge in [0.25, 0.3) is 5.91 Å². The van der Waals surface area contributed by atoms with Gasteiger partial charge in [0.05, 0.1) is 23.6 Å². The third-order valence-corrected chi connectivity index (χ3v) is 5.73. The van der Waals surface area contributed by atoms with Gasteiger partial charge < -0.3 is 15.5 Å². The Hall–Kier alpha value is -3.12. The van der Waals surface area contributed by atoms with E-state index in [9.17, 15) is 4.79 Å². The van der Waals surface area contributed by atoms with E-state index in [1.165, 1.54) is 0 Å². The third-order valence-electron chi connectivity index (χ3n) is 5.73. The summed E-state index contributed by atoms with van der Waals surface area (Å²) in [7, 11) is 0. The van der Waals surface area contributed by atoms with Crippen molar-refractivity contribution in [2.24, 2.45) is 0 Å². The quantitative estimate of drug-likeness (QED) is 0.741. The highest BCUT2D eigenvalue weighted by atomic mass is 16.2. The number of hydrogen-bond donors (Lipinski definition) is 2. The molecule has 2 N–H and O–H groups in total. The fourth-order valence-corrected chi connectivity index (χ4v) is 4.20. The van der Waals surface area contributed by atoms with Gasteiger partial charge in [0.1, 0.15) is 5.54 Å². The molecule has 0 aliphatic carbocycles. The zero-order chi connectivity index (χ0) is 19.0. The van der Waals surface area contributed by atoms with Crippen LogP contribution in [0.3, 0.4) is 0 Å². The fraction of sp³-hybridized carbons (Fsp3) is 0.273. The Morgan fingerprint density at radius 1 is 1.00 bits per heavy atom. The summed E-state index contributed by atoms with van der Waals surface area (Å²) in [5, 5.41) is 11.2. The molecule has 0 bridgehead atoms. The largest absolute Gasteiger partial charge is 0.369 e. The number of amides is 1. The molecular formula is C22H23N5O. The Bertz CT molecular complexity index is 974. The molecular weight excluding hydrogens is 350 g/mol. The molecule has 142 valence electrons. The summed E-state index contributed by atoms with van der Waals surface area (Å²) in [5.41, 5.74) is 3.60. The van der Waals surface area contributed by atoms with Crippen molar-refractivity contribution in [3.63, 3.8) is 0 Å². The average molecular weight is 373 g/mol. The Labute approximate surface area is 164 Å². The number of rotatable bonds is 3. The summed E-state index contributed by atoms with van der Waals surface area (Å²) in [5.74, 6) is 0.170. The molecule has 3 heterocycles. The number of fused-ring (bicyclic) bond motifs is 1. The molecule has 1 amide bonds. The molecule has 1 aromatic heterocycles. The normalized spacial score (nSPS) is 18.0. The highest BCUT2D eigenvalue weighted by Gasteiger charge is 2.46. The predicted octanol–water partition coefficient (Wildman–Crippen LogP) is 2.95. The van der Waals surface area contributed by atoms with Gasteiger partial charge in [-0.05, 0) is 61.8 Å². The van der Waals surface area contributed by atoms with Crippen LogP contribution in [-0.2, 0) is 11.3 Å². The molecule has 0 radical (unpaired) electrons. The molecule has 1 fully saturated rings. The number of anilines is 2. The van der Waals surface area contributed by atoms with E-state index in [-0.39, 0.29) is 5.91 Å². The number of aromatic nitrogens is 2. The smallest absolute Gasteiger partial charge is 0.253 e. The van der Waals surface area contributed by atoms with Crippen molar-refractivity contribution in [1.29, 1.82) is 0 Å². The Morgan fingerprint density at radius 2 is 1.79 bits per heavy atom. The van der Waals surface area contributed by atoms with Gasteiger partial charge in [-0.3, -0.25) is 4.79 Å². The van der Waals surface area contributed by atoms with Crippen LogP contribution < -0.4 is 15.5 Å². The van der Waals surface area contributed by atoms with Gasteiger partial charge in [0, 0.05) is 12.4 Å². The van der Waals surface area contributed by atoms with Crippen molar-refractivity contribution in [2.75, 3.05) is 23.3 Å². The molecule has 5 rings (SSSR count). The van der Waals surface area contributed by atoms with Crippen LogP contribution in [0.4, 0.5) is 11.4 Å². The van der Waals surface area contributed by atoms with E-state index in [0.29, 0.717) is 6.54 Å². The van der Waals surface area contributed by atoms with Crippen molar-refractivity contribution < 1.29 is 4.79 Å². The summed E-state index contributed by atoms with van der Waals surface area (Å²) in [6.45, 7) is 2.27. The molecule has 0 atom stereocenters. The van der Waals surface area contributed by atoms with Crippen molar-refractivity contribution in [2.45, 2.75) is 24.9 Å². The first kappa shape index (κ1) is 17.0. The molecule has 6 nitrogen and oxygen atoms in total. The van der Waals surface area contributed by atoms with E-state index < -0.39 is 5.54 Å². The first-order chi connectivity index (χ1) is 13.8. The number of nitrogens with zero attached hydrogens (tertiary/aromatic N) is 3. The van der Waals surface area contributed by atoms with Crippen molar-refractivity contribution in [3.05, 3.63) is 72.6 Å². The van der Waals surface area contributed by atoms with Crippen LogP contribution >= 0.6 is 0 Å². The Balaban J connectivity index is 1.46. The molecule has 2 aliphatic rings. The van der Waals surface area contributed by atoms with Gasteiger partial charge in [0.2, 0.25) is 0 Å². The summed E-state index contributed by atoms with van der Waals surface area (Å²) in [6.07, 6.45) is 5.29. The van der Waals surface area contributed by atoms with Gasteiger partial charge in [-0.15, -0.1) is 0 Å². The maximum absolute atomic E-state index is 13.5. The van der Waals surface area contributed by atoms with E-state index in [1.807, 2.05) is 52.2 Å². The highest BCUT2D eigenvalue weighted by Crippen LogP contribution is 2.39. The van der Waals surface area contributed by atoms with Crippen LogP contribution in [-0.4, -0.2) is 34.3 Å². The molecule has 1 spiro atoms. The van der Waals surface area contributed by atoms with E-state index in [2.05, 4.69) is 33.9 Å². The summed E-state index contributed by atoms with van der Waals surface area (Å²) in [6, 6.07) is 18.2. The van der Waals surface area contributed by atoms with Crippen LogP contribution in [0.25, 0.3) is 5.69 Å². The third kappa shape index (κ3) is 2.86. The lowest BCUT2D eigenvalue weighted by Crippen LogP contribution is -2.61. The van der Waals surface area contributed by atoms with Crippen molar-refractivity contribution in [1.82, 2.24) is 15.1 Å². The standard InChI is InChI=1S/C22H23N5O/c28-21-22(10-13-23-14-11-22)25-19-4-1-2-5-20(19)26(21)16-17-6-8-18(9-7-17)27-15-3-12-24-27/h1-9,12,15,23,25H,10-11,13-14,16H2. The minimum atomic E-state index is -0.505. The van der Waals surface area contributed by atoms with Gasteiger partial charge in [-0.2, -0.15) is 5.10 Å². The van der Waals surface area contributed by atoms with Crippen LogP contribution in [0.1, 0.15) is 18.4 Å². The number of nitrogens with one attached hydrogen (secondary N) is 2. The van der Waals surface area contributed by atoms with Crippen molar-refractivity contribution >= 4 is 17.3 Å². The lowest BCUT2D eigenvalue weighted by atomic mass is 9.84. The number of carbonyl (C=O) groups excluding carboxylic acids is 1. The molecule has 1 saturated heterocycles. The molecule has 6 heteroatoms. The SMILES string of the molecule is O=C1N(Cc2ccc(-n3cccn3)cc2)c2ccccc2NC12CCNCC2. The number of hydrogen-bond acceptors (Lipinski definition) is 4. The molecule has 2 aromatic carbocycles. The van der Waals surface area contributed by atoms with Crippen LogP contribution in [0, 0.1) is 0 Å². The predicted molar refractivity (Wildman–Crippen MR) is 110 cm³/mol. The number of carbonyl (C=O) groups is 1. The monoisotopic (exact) mass is 373 g/mol. The number of benzene rings is 2. The fourth-order valence-electron chi connectivity index (χ4n) is 4.20. The van der Waals surface area contributed by atoms with Crippen LogP contribution in [0.5, 0.6) is 0 Å². The zero-order valence-corrected chi connectivity index (χ0v) is 15.6. The number of para-hydroxylation sites is 2. The Morgan fingerprint density at radius 3 is 2.54 bits per heavy atom. The van der Waals surface area contributed by atoms with E-state index in [4.69, 9.17) is 0 Å². The topological polar surface area (TPSA) is 62.2 Å². The molecule has 28 heavy (non-hydrogen) atoms. The lowest BCUT2D eigenvalue weighted by Gasteiger charge is -2.46. The van der Waals surface area contributed by atoms with Gasteiger partial charge >= 0.3 is 0 Å². The first-order valence-corrected chi connectivity index (χ1v) is 9.74. The summed E-state index contributed by atoms with van der Waals surface area (Å²) < 4.78 is 1.83. The van der Waals surface area contributed by atoms with Crippen molar-refractivity contribution in [3.8, 4) is 5.69 Å². The number of piperidine rings is 1. The maximum atomic E-state index is 13.5. The van der Waals surface area contributed by atoms with Crippen LogP contribution in [0.15, 0.2) is 67.0 Å². The summed E-state index contributed by atoms with van der Waals surface area (Å²) in [4.78, 5) is 15.5. The van der Waals surface area contributed by atoms with Gasteiger partial charge in [0.15, 0.2) is 0 Å². The molecule has 0 unspecified atom stereocenters. The minimum Gasteiger partial charge on any atom is -0.369 e. The highest BCUT2D eigenvalue weighted by molar-refractivity contribution is 6.07. The van der Waals surface area contributed by atoms with E-state index in [1.54, 1.807) is 6.20 Å². The second-order valence-electron chi connectivity index (χ2n) is 7.48. The average Bonchev–Trinajstić information content (AvgIpc) is 3.28. The molecule has 3 aromatic rings. The van der Waals surface area contributed by atoms with E-state index >= 15 is 0 Å². The molecule has 2 aliphatic heterocycles. The second-order valence-corrected chi connectivity index (χ2v) is 7.48. The maximum Gasteiger partial charge on any atom is 0.253 e. The van der Waals surface area contributed by atoms with Crippen LogP contribution in [0.2, 0.25) is 0 Å². The van der Waals surface area contributed by atoms with Gasteiger partial charge in [-0.1, -0.05) is 24.3 Å². The molecule has 0 saturated carbocycles. The summed E-state index contributed by atoms with van der Waals surface area (Å²) >= 11 is 0. The van der Waals surface area contributed by atoms with E-state index in [0.717, 1.165) is 48.6 Å². The Kier molecular flexibility index (Phi) is 4.13. The minimum absolute atomic E-state index is 0.170. The second kappa shape index (κ2) is 6.80.